The van der Waals surface area contributed by atoms with Gasteiger partial charge in [-0.05, 0) is 49.4 Å². The van der Waals surface area contributed by atoms with E-state index in [1.54, 1.807) is 39.5 Å². The highest BCUT2D eigenvalue weighted by atomic mass is 32.2. The molecule has 0 bridgehead atoms. The number of carbonyl (C=O) groups excluding carboxylic acids is 2. The highest BCUT2D eigenvalue weighted by molar-refractivity contribution is 8.00. The van der Waals surface area contributed by atoms with Crippen molar-refractivity contribution in [2.24, 2.45) is 0 Å². The van der Waals surface area contributed by atoms with Crippen molar-refractivity contribution in [1.29, 1.82) is 0 Å². The van der Waals surface area contributed by atoms with Crippen LogP contribution in [0.1, 0.15) is 18.5 Å². The summed E-state index contributed by atoms with van der Waals surface area (Å²) < 4.78 is 20.7. The molecule has 1 atom stereocenters. The molecule has 29 heavy (non-hydrogen) atoms. The SMILES string of the molecule is COc1ccc(SCC(=O)OCC(=O)N[C@@H](C)c2cc(OC)ccc2OC)cc1. The molecule has 0 heterocycles. The van der Waals surface area contributed by atoms with Crippen LogP contribution in [0.3, 0.4) is 0 Å². The summed E-state index contributed by atoms with van der Waals surface area (Å²) in [5, 5.41) is 2.79. The topological polar surface area (TPSA) is 83.1 Å². The van der Waals surface area contributed by atoms with Gasteiger partial charge in [0.1, 0.15) is 17.2 Å². The third-order valence-electron chi connectivity index (χ3n) is 4.06. The maximum Gasteiger partial charge on any atom is 0.316 e. The first-order valence-electron chi connectivity index (χ1n) is 8.90. The van der Waals surface area contributed by atoms with Crippen LogP contribution in [0, 0.1) is 0 Å². The maximum absolute atomic E-state index is 12.1. The Morgan fingerprint density at radius 1 is 0.966 bits per heavy atom. The van der Waals surface area contributed by atoms with Gasteiger partial charge in [0, 0.05) is 10.5 Å². The Labute approximate surface area is 174 Å². The van der Waals surface area contributed by atoms with Crippen LogP contribution >= 0.6 is 11.8 Å². The molecule has 0 fully saturated rings. The van der Waals surface area contributed by atoms with Crippen LogP contribution in [-0.4, -0.2) is 45.6 Å². The molecule has 0 aliphatic rings. The molecule has 2 rings (SSSR count). The van der Waals surface area contributed by atoms with Gasteiger partial charge >= 0.3 is 5.97 Å². The molecule has 2 aromatic carbocycles. The molecule has 8 heteroatoms. The molecular formula is C21H25NO6S. The molecule has 2 aromatic rings. The van der Waals surface area contributed by atoms with E-state index in [-0.39, 0.29) is 18.4 Å². The van der Waals surface area contributed by atoms with E-state index in [2.05, 4.69) is 5.32 Å². The first-order chi connectivity index (χ1) is 14.0. The van der Waals surface area contributed by atoms with Gasteiger partial charge in [0.05, 0.1) is 33.1 Å². The number of ether oxygens (including phenoxy) is 4. The molecule has 0 aliphatic heterocycles. The number of carbonyl (C=O) groups is 2. The van der Waals surface area contributed by atoms with Gasteiger partial charge in [-0.1, -0.05) is 0 Å². The monoisotopic (exact) mass is 419 g/mol. The molecule has 0 aliphatic carbocycles. The Bertz CT molecular complexity index is 824. The average Bonchev–Trinajstić information content (AvgIpc) is 2.75. The van der Waals surface area contributed by atoms with Gasteiger partial charge in [-0.15, -0.1) is 11.8 Å². The largest absolute Gasteiger partial charge is 0.497 e. The zero-order valence-electron chi connectivity index (χ0n) is 16.9. The van der Waals surface area contributed by atoms with Gasteiger partial charge in [-0.25, -0.2) is 0 Å². The van der Waals surface area contributed by atoms with E-state index in [1.165, 1.54) is 11.8 Å². The number of hydrogen-bond acceptors (Lipinski definition) is 7. The summed E-state index contributed by atoms with van der Waals surface area (Å²) in [5.74, 6) is 1.28. The van der Waals surface area contributed by atoms with Crippen molar-refractivity contribution in [2.45, 2.75) is 17.9 Å². The van der Waals surface area contributed by atoms with Crippen molar-refractivity contribution in [2.75, 3.05) is 33.7 Å². The summed E-state index contributed by atoms with van der Waals surface area (Å²) >= 11 is 1.33. The second-order valence-electron chi connectivity index (χ2n) is 6.02. The summed E-state index contributed by atoms with van der Waals surface area (Å²) in [7, 11) is 4.72. The van der Waals surface area contributed by atoms with E-state index in [9.17, 15) is 9.59 Å². The lowest BCUT2D eigenvalue weighted by molar-refractivity contribution is -0.146. The Morgan fingerprint density at radius 3 is 2.24 bits per heavy atom. The van der Waals surface area contributed by atoms with Crippen molar-refractivity contribution >= 4 is 23.6 Å². The number of hydrogen-bond donors (Lipinski definition) is 1. The van der Waals surface area contributed by atoms with Gasteiger partial charge in [0.2, 0.25) is 0 Å². The minimum Gasteiger partial charge on any atom is -0.497 e. The first kappa shape index (κ1) is 22.4. The Kier molecular flexibility index (Phi) is 8.67. The zero-order valence-corrected chi connectivity index (χ0v) is 17.7. The van der Waals surface area contributed by atoms with Gasteiger partial charge in [0.25, 0.3) is 5.91 Å². The predicted octanol–water partition coefficient (Wildman–Crippen LogP) is 3.23. The number of esters is 1. The summed E-state index contributed by atoms with van der Waals surface area (Å²) in [5.41, 5.74) is 0.765. The normalized spacial score (nSPS) is 11.3. The molecule has 1 amide bonds. The van der Waals surface area contributed by atoms with E-state index >= 15 is 0 Å². The van der Waals surface area contributed by atoms with Crippen molar-refractivity contribution in [3.8, 4) is 17.2 Å². The average molecular weight is 419 g/mol. The Balaban J connectivity index is 1.80. The minimum atomic E-state index is -0.465. The number of nitrogens with one attached hydrogen (secondary N) is 1. The number of thioether (sulfide) groups is 1. The van der Waals surface area contributed by atoms with E-state index in [4.69, 9.17) is 18.9 Å². The van der Waals surface area contributed by atoms with Crippen LogP contribution < -0.4 is 19.5 Å². The van der Waals surface area contributed by atoms with Crippen LogP contribution in [0.2, 0.25) is 0 Å². The van der Waals surface area contributed by atoms with E-state index in [0.717, 1.165) is 16.2 Å². The second kappa shape index (κ2) is 11.2. The summed E-state index contributed by atoms with van der Waals surface area (Å²) in [6.07, 6.45) is 0. The summed E-state index contributed by atoms with van der Waals surface area (Å²) in [6, 6.07) is 12.3. The van der Waals surface area contributed by atoms with E-state index in [0.29, 0.717) is 11.5 Å². The number of amides is 1. The molecule has 0 spiro atoms. The fraction of sp³-hybridized carbons (Fsp3) is 0.333. The molecular weight excluding hydrogens is 394 g/mol. The number of benzene rings is 2. The predicted molar refractivity (Wildman–Crippen MR) is 111 cm³/mol. The quantitative estimate of drug-likeness (QED) is 0.468. The maximum atomic E-state index is 12.1. The van der Waals surface area contributed by atoms with Gasteiger partial charge < -0.3 is 24.3 Å². The molecule has 7 nitrogen and oxygen atoms in total. The molecule has 0 saturated carbocycles. The van der Waals surface area contributed by atoms with E-state index in [1.807, 2.05) is 31.2 Å². The van der Waals surface area contributed by atoms with Crippen molar-refractivity contribution < 1.29 is 28.5 Å². The lowest BCUT2D eigenvalue weighted by Gasteiger charge is -2.18. The number of rotatable bonds is 10. The van der Waals surface area contributed by atoms with Gasteiger partial charge in [0.15, 0.2) is 6.61 Å². The van der Waals surface area contributed by atoms with Crippen LogP contribution in [0.4, 0.5) is 0 Å². The van der Waals surface area contributed by atoms with E-state index < -0.39 is 11.9 Å². The lowest BCUT2D eigenvalue weighted by atomic mass is 10.1. The Hall–Kier alpha value is -2.87. The van der Waals surface area contributed by atoms with Crippen LogP contribution in [0.25, 0.3) is 0 Å². The van der Waals surface area contributed by atoms with Crippen molar-refractivity contribution in [3.05, 3.63) is 48.0 Å². The first-order valence-corrected chi connectivity index (χ1v) is 9.89. The lowest BCUT2D eigenvalue weighted by Crippen LogP contribution is -2.31. The van der Waals surface area contributed by atoms with Crippen molar-refractivity contribution in [1.82, 2.24) is 5.32 Å². The fourth-order valence-electron chi connectivity index (χ4n) is 2.54. The highest BCUT2D eigenvalue weighted by Crippen LogP contribution is 2.29. The van der Waals surface area contributed by atoms with Crippen LogP contribution in [-0.2, 0) is 14.3 Å². The minimum absolute atomic E-state index is 0.110. The molecule has 0 aromatic heterocycles. The molecule has 156 valence electrons. The van der Waals surface area contributed by atoms with Gasteiger partial charge in [-0.3, -0.25) is 9.59 Å². The molecule has 1 N–H and O–H groups in total. The summed E-state index contributed by atoms with van der Waals surface area (Å²) in [6.45, 7) is 1.47. The third-order valence-corrected chi connectivity index (χ3v) is 5.05. The van der Waals surface area contributed by atoms with Crippen molar-refractivity contribution in [3.63, 3.8) is 0 Å². The van der Waals surface area contributed by atoms with Crippen LogP contribution in [0.5, 0.6) is 17.2 Å². The zero-order chi connectivity index (χ0) is 21.2. The molecule has 0 unspecified atom stereocenters. The highest BCUT2D eigenvalue weighted by Gasteiger charge is 2.16. The molecule has 0 saturated heterocycles. The standard InChI is InChI=1S/C21H25NO6S/c1-14(18-11-16(26-3)7-10-19(18)27-4)22-20(23)12-28-21(24)13-29-17-8-5-15(25-2)6-9-17/h5-11,14H,12-13H2,1-4H3,(H,22,23)/t14-/m0/s1. The third kappa shape index (κ3) is 6.90. The fourth-order valence-corrected chi connectivity index (χ4v) is 3.24. The number of methoxy groups -OCH3 is 3. The van der Waals surface area contributed by atoms with Gasteiger partial charge in [-0.2, -0.15) is 0 Å². The second-order valence-corrected chi connectivity index (χ2v) is 7.07. The smallest absolute Gasteiger partial charge is 0.316 e. The summed E-state index contributed by atoms with van der Waals surface area (Å²) in [4.78, 5) is 25.0. The molecule has 0 radical (unpaired) electrons. The van der Waals surface area contributed by atoms with Crippen LogP contribution in [0.15, 0.2) is 47.4 Å². The Morgan fingerprint density at radius 2 is 1.62 bits per heavy atom.